The molecule has 2 aromatic rings. The lowest BCUT2D eigenvalue weighted by molar-refractivity contribution is 0.0526. The number of esters is 1. The molecule has 0 atom stereocenters. The molecule has 0 radical (unpaired) electrons. The van der Waals surface area contributed by atoms with E-state index in [0.717, 1.165) is 31.2 Å². The summed E-state index contributed by atoms with van der Waals surface area (Å²) in [4.78, 5) is 26.3. The smallest absolute Gasteiger partial charge is 0.341 e. The number of ether oxygens (including phenoxy) is 1. The molecule has 0 fully saturated rings. The Balaban J connectivity index is 1.96. The SMILES string of the molecule is CCOC(=O)c1c(NC(=O)c2ccoc2C)sc2c1CCCCCC2. The van der Waals surface area contributed by atoms with Gasteiger partial charge in [-0.1, -0.05) is 12.8 Å². The Morgan fingerprint density at radius 1 is 1.24 bits per heavy atom. The number of hydrogen-bond donors (Lipinski definition) is 1. The van der Waals surface area contributed by atoms with Crippen molar-refractivity contribution in [2.24, 2.45) is 0 Å². The predicted octanol–water partition coefficient (Wildman–Crippen LogP) is 4.74. The van der Waals surface area contributed by atoms with Crippen LogP contribution in [0.2, 0.25) is 0 Å². The van der Waals surface area contributed by atoms with E-state index in [9.17, 15) is 9.59 Å². The lowest BCUT2D eigenvalue weighted by Crippen LogP contribution is -2.15. The number of furan rings is 1. The molecule has 0 aliphatic heterocycles. The van der Waals surface area contributed by atoms with Crippen molar-refractivity contribution in [2.45, 2.75) is 52.4 Å². The number of anilines is 1. The topological polar surface area (TPSA) is 68.5 Å². The Morgan fingerprint density at radius 3 is 2.68 bits per heavy atom. The summed E-state index contributed by atoms with van der Waals surface area (Å²) in [6.07, 6.45) is 7.86. The highest BCUT2D eigenvalue weighted by Gasteiger charge is 2.26. The lowest BCUT2D eigenvalue weighted by Gasteiger charge is -2.11. The van der Waals surface area contributed by atoms with Crippen molar-refractivity contribution in [1.82, 2.24) is 0 Å². The predicted molar refractivity (Wildman–Crippen MR) is 97.5 cm³/mol. The average Bonchev–Trinajstić information content (AvgIpc) is 3.11. The molecule has 2 aromatic heterocycles. The lowest BCUT2D eigenvalue weighted by atomic mass is 9.96. The summed E-state index contributed by atoms with van der Waals surface area (Å²) in [6, 6.07) is 1.64. The fourth-order valence-electron chi connectivity index (χ4n) is 3.22. The molecule has 1 aliphatic rings. The fraction of sp³-hybridized carbons (Fsp3) is 0.474. The van der Waals surface area contributed by atoms with Crippen molar-refractivity contribution in [3.05, 3.63) is 39.7 Å². The molecule has 0 saturated carbocycles. The number of rotatable bonds is 4. The molecule has 25 heavy (non-hydrogen) atoms. The van der Waals surface area contributed by atoms with Crippen LogP contribution in [0, 0.1) is 6.92 Å². The monoisotopic (exact) mass is 361 g/mol. The molecular formula is C19H23NO4S. The van der Waals surface area contributed by atoms with E-state index in [2.05, 4.69) is 5.32 Å². The van der Waals surface area contributed by atoms with E-state index >= 15 is 0 Å². The zero-order chi connectivity index (χ0) is 17.8. The van der Waals surface area contributed by atoms with Gasteiger partial charge in [-0.05, 0) is 51.2 Å². The third-order valence-corrected chi connectivity index (χ3v) is 5.69. The van der Waals surface area contributed by atoms with Crippen LogP contribution in [0.15, 0.2) is 16.7 Å². The van der Waals surface area contributed by atoms with E-state index in [-0.39, 0.29) is 11.9 Å². The van der Waals surface area contributed by atoms with Crippen LogP contribution in [0.1, 0.15) is 69.5 Å². The second-order valence-corrected chi connectivity index (χ2v) is 7.29. The zero-order valence-electron chi connectivity index (χ0n) is 14.6. The Kier molecular flexibility index (Phi) is 5.58. The fourth-order valence-corrected chi connectivity index (χ4v) is 4.49. The Labute approximate surface area is 151 Å². The highest BCUT2D eigenvalue weighted by atomic mass is 32.1. The van der Waals surface area contributed by atoms with Crippen LogP contribution >= 0.6 is 11.3 Å². The van der Waals surface area contributed by atoms with Crippen molar-refractivity contribution in [2.75, 3.05) is 11.9 Å². The molecule has 134 valence electrons. The first kappa shape index (κ1) is 17.7. The summed E-state index contributed by atoms with van der Waals surface area (Å²) in [5, 5.41) is 3.50. The Hall–Kier alpha value is -2.08. The van der Waals surface area contributed by atoms with Gasteiger partial charge in [0.15, 0.2) is 0 Å². The normalized spacial score (nSPS) is 14.3. The molecule has 0 spiro atoms. The Bertz CT molecular complexity index is 774. The van der Waals surface area contributed by atoms with Gasteiger partial charge < -0.3 is 14.5 Å². The molecule has 0 aromatic carbocycles. The van der Waals surface area contributed by atoms with E-state index in [1.54, 1.807) is 19.9 Å². The van der Waals surface area contributed by atoms with Crippen molar-refractivity contribution < 1.29 is 18.7 Å². The van der Waals surface area contributed by atoms with Crippen LogP contribution in [-0.4, -0.2) is 18.5 Å². The van der Waals surface area contributed by atoms with Crippen LogP contribution in [0.3, 0.4) is 0 Å². The minimum absolute atomic E-state index is 0.258. The van der Waals surface area contributed by atoms with E-state index in [1.807, 2.05) is 0 Å². The van der Waals surface area contributed by atoms with Crippen LogP contribution in [0.5, 0.6) is 0 Å². The van der Waals surface area contributed by atoms with E-state index in [1.165, 1.54) is 35.3 Å². The highest BCUT2D eigenvalue weighted by molar-refractivity contribution is 7.17. The summed E-state index contributed by atoms with van der Waals surface area (Å²) in [5.74, 6) is -0.0455. The molecule has 1 aliphatic carbocycles. The van der Waals surface area contributed by atoms with Crippen LogP contribution in [-0.2, 0) is 17.6 Å². The maximum Gasteiger partial charge on any atom is 0.341 e. The molecule has 0 bridgehead atoms. The van der Waals surface area contributed by atoms with E-state index < -0.39 is 0 Å². The Morgan fingerprint density at radius 2 is 2.00 bits per heavy atom. The molecule has 5 nitrogen and oxygen atoms in total. The van der Waals surface area contributed by atoms with Gasteiger partial charge in [-0.3, -0.25) is 4.79 Å². The van der Waals surface area contributed by atoms with Gasteiger partial charge in [0.2, 0.25) is 0 Å². The van der Waals surface area contributed by atoms with Gasteiger partial charge >= 0.3 is 5.97 Å². The number of carbonyl (C=O) groups is 2. The van der Waals surface area contributed by atoms with Gasteiger partial charge in [0.25, 0.3) is 5.91 Å². The van der Waals surface area contributed by atoms with Gasteiger partial charge in [0.05, 0.1) is 24.0 Å². The van der Waals surface area contributed by atoms with Crippen LogP contribution in [0.25, 0.3) is 0 Å². The number of nitrogens with one attached hydrogen (secondary N) is 1. The number of fused-ring (bicyclic) bond motifs is 1. The average molecular weight is 361 g/mol. The van der Waals surface area contributed by atoms with Gasteiger partial charge in [-0.15, -0.1) is 11.3 Å². The molecule has 0 saturated heterocycles. The highest BCUT2D eigenvalue weighted by Crippen LogP contribution is 2.38. The molecule has 6 heteroatoms. The quantitative estimate of drug-likeness (QED) is 0.799. The summed E-state index contributed by atoms with van der Waals surface area (Å²) < 4.78 is 10.5. The first-order chi connectivity index (χ1) is 12.1. The standard InChI is InChI=1S/C19H23NO4S/c1-3-23-19(22)16-14-8-6-4-5-7-9-15(14)25-18(16)20-17(21)13-10-11-24-12(13)2/h10-11H,3-9H2,1-2H3,(H,20,21). The zero-order valence-corrected chi connectivity index (χ0v) is 15.5. The number of hydrogen-bond acceptors (Lipinski definition) is 5. The largest absolute Gasteiger partial charge is 0.469 e. The molecule has 1 N–H and O–H groups in total. The molecule has 3 rings (SSSR count). The van der Waals surface area contributed by atoms with Gasteiger partial charge in [0, 0.05) is 4.88 Å². The second-order valence-electron chi connectivity index (χ2n) is 6.19. The van der Waals surface area contributed by atoms with Gasteiger partial charge in [-0.2, -0.15) is 0 Å². The van der Waals surface area contributed by atoms with Crippen molar-refractivity contribution in [3.8, 4) is 0 Å². The summed E-state index contributed by atoms with van der Waals surface area (Å²) in [6.45, 7) is 3.85. The maximum atomic E-state index is 12.6. The third-order valence-electron chi connectivity index (χ3n) is 4.48. The number of carbonyl (C=O) groups excluding carboxylic acids is 2. The first-order valence-corrected chi connectivity index (χ1v) is 9.60. The van der Waals surface area contributed by atoms with Crippen molar-refractivity contribution >= 4 is 28.2 Å². The van der Waals surface area contributed by atoms with Gasteiger partial charge in [0.1, 0.15) is 10.8 Å². The number of aryl methyl sites for hydroxylation is 2. The van der Waals surface area contributed by atoms with Crippen LogP contribution < -0.4 is 5.32 Å². The third kappa shape index (κ3) is 3.79. The first-order valence-electron chi connectivity index (χ1n) is 8.79. The van der Waals surface area contributed by atoms with Crippen LogP contribution in [0.4, 0.5) is 5.00 Å². The summed E-state index contributed by atoms with van der Waals surface area (Å²) >= 11 is 1.51. The van der Waals surface area contributed by atoms with Gasteiger partial charge in [-0.25, -0.2) is 4.79 Å². The number of thiophene rings is 1. The van der Waals surface area contributed by atoms with E-state index in [4.69, 9.17) is 9.15 Å². The maximum absolute atomic E-state index is 12.6. The molecule has 0 unspecified atom stereocenters. The summed E-state index contributed by atoms with van der Waals surface area (Å²) in [7, 11) is 0. The van der Waals surface area contributed by atoms with E-state index in [0.29, 0.717) is 28.5 Å². The minimum atomic E-state index is -0.347. The summed E-state index contributed by atoms with van der Waals surface area (Å²) in [5.41, 5.74) is 2.08. The van der Waals surface area contributed by atoms with Crippen molar-refractivity contribution in [3.63, 3.8) is 0 Å². The minimum Gasteiger partial charge on any atom is -0.469 e. The molecule has 2 heterocycles. The molecule has 1 amide bonds. The second kappa shape index (κ2) is 7.87. The van der Waals surface area contributed by atoms with Crippen molar-refractivity contribution in [1.29, 1.82) is 0 Å². The molecular weight excluding hydrogens is 338 g/mol. The number of amides is 1.